The highest BCUT2D eigenvalue weighted by Gasteiger charge is 2.36. The third kappa shape index (κ3) is 1.74. The van der Waals surface area contributed by atoms with Gasteiger partial charge in [-0.15, -0.1) is 0 Å². The normalized spacial score (nSPS) is 18.1. The fourth-order valence-corrected chi connectivity index (χ4v) is 2.35. The Bertz CT molecular complexity index is 610. The molecule has 1 aliphatic rings. The molecule has 0 radical (unpaired) electrons. The van der Waals surface area contributed by atoms with Crippen LogP contribution in [0.25, 0.3) is 11.5 Å². The quantitative estimate of drug-likeness (QED) is 0.828. The van der Waals surface area contributed by atoms with Crippen molar-refractivity contribution in [1.29, 1.82) is 0 Å². The topological polar surface area (TPSA) is 97.8 Å². The monoisotopic (exact) mass is 246 g/mol. The highest BCUT2D eigenvalue weighted by atomic mass is 16.5. The van der Waals surface area contributed by atoms with E-state index in [1.54, 1.807) is 12.4 Å². The van der Waals surface area contributed by atoms with Gasteiger partial charge >= 0.3 is 0 Å². The lowest BCUT2D eigenvalue weighted by atomic mass is 9.99. The van der Waals surface area contributed by atoms with Gasteiger partial charge < -0.3 is 15.2 Å². The first-order valence-corrected chi connectivity index (χ1v) is 6.00. The minimum Gasteiger partial charge on any atom is -0.367 e. The molecule has 1 aliphatic carbocycles. The molecule has 18 heavy (non-hydrogen) atoms. The summed E-state index contributed by atoms with van der Waals surface area (Å²) in [7, 11) is 0. The highest BCUT2D eigenvalue weighted by molar-refractivity contribution is 5.50. The van der Waals surface area contributed by atoms with Crippen molar-refractivity contribution >= 4 is 0 Å². The number of aromatic amines is 1. The lowest BCUT2D eigenvalue weighted by Gasteiger charge is -2.17. The largest absolute Gasteiger partial charge is 0.367 e. The number of hydrogen-bond donors (Lipinski definition) is 2. The van der Waals surface area contributed by atoms with Crippen molar-refractivity contribution in [2.24, 2.45) is 5.73 Å². The zero-order valence-electron chi connectivity index (χ0n) is 9.85. The molecule has 0 atom stereocenters. The first kappa shape index (κ1) is 11.2. The van der Waals surface area contributed by atoms with Crippen molar-refractivity contribution in [2.75, 3.05) is 0 Å². The molecular weight excluding hydrogens is 232 g/mol. The molecule has 6 heteroatoms. The molecule has 3 N–H and O–H groups in total. The smallest absolute Gasteiger partial charge is 0.263 e. The fraction of sp³-hybridized carbons (Fsp3) is 0.417. The summed E-state index contributed by atoms with van der Waals surface area (Å²) in [6, 6.07) is 1.42. The Hall–Kier alpha value is -1.95. The Kier molecular flexibility index (Phi) is 2.52. The summed E-state index contributed by atoms with van der Waals surface area (Å²) in [4.78, 5) is 18.8. The molecular formula is C12H14N4O2. The van der Waals surface area contributed by atoms with Crippen LogP contribution in [0.15, 0.2) is 27.8 Å². The minimum atomic E-state index is -0.497. The third-order valence-electron chi connectivity index (χ3n) is 3.42. The Balaban J connectivity index is 2.00. The van der Waals surface area contributed by atoms with Crippen LogP contribution in [-0.2, 0) is 5.54 Å². The predicted octanol–water partition coefficient (Wildman–Crippen LogP) is 1.15. The van der Waals surface area contributed by atoms with Gasteiger partial charge in [0.15, 0.2) is 11.3 Å². The van der Waals surface area contributed by atoms with Crippen LogP contribution in [0.5, 0.6) is 0 Å². The van der Waals surface area contributed by atoms with Crippen molar-refractivity contribution in [1.82, 2.24) is 15.1 Å². The first-order chi connectivity index (χ1) is 8.69. The summed E-state index contributed by atoms with van der Waals surface area (Å²) in [6.07, 6.45) is 6.98. The van der Waals surface area contributed by atoms with Gasteiger partial charge in [0.25, 0.3) is 5.89 Å². The Labute approximate surface area is 103 Å². The zero-order valence-corrected chi connectivity index (χ0v) is 9.85. The molecule has 2 heterocycles. The van der Waals surface area contributed by atoms with Gasteiger partial charge in [0.2, 0.25) is 0 Å². The second kappa shape index (κ2) is 4.06. The van der Waals surface area contributed by atoms with E-state index >= 15 is 0 Å². The highest BCUT2D eigenvalue weighted by Crippen LogP contribution is 2.35. The summed E-state index contributed by atoms with van der Waals surface area (Å²) in [5.41, 5.74) is 5.96. The summed E-state index contributed by atoms with van der Waals surface area (Å²) < 4.78 is 5.15. The van der Waals surface area contributed by atoms with Crippen molar-refractivity contribution in [3.8, 4) is 11.5 Å². The van der Waals surface area contributed by atoms with Crippen LogP contribution in [0, 0.1) is 0 Å². The molecule has 1 fully saturated rings. The molecule has 94 valence electrons. The maximum absolute atomic E-state index is 11.7. The number of nitrogens with one attached hydrogen (secondary N) is 1. The molecule has 1 saturated carbocycles. The number of aromatic nitrogens is 3. The van der Waals surface area contributed by atoms with E-state index in [1.165, 1.54) is 6.07 Å². The van der Waals surface area contributed by atoms with Crippen molar-refractivity contribution < 1.29 is 4.52 Å². The van der Waals surface area contributed by atoms with E-state index in [-0.39, 0.29) is 11.3 Å². The molecule has 2 aromatic rings. The Morgan fingerprint density at radius 2 is 2.17 bits per heavy atom. The molecule has 2 aromatic heterocycles. The van der Waals surface area contributed by atoms with Gasteiger partial charge in [-0.2, -0.15) is 4.98 Å². The van der Waals surface area contributed by atoms with E-state index in [0.29, 0.717) is 11.4 Å². The molecule has 0 saturated heterocycles. The van der Waals surface area contributed by atoms with Gasteiger partial charge in [-0.1, -0.05) is 18.0 Å². The average molecular weight is 246 g/mol. The third-order valence-corrected chi connectivity index (χ3v) is 3.42. The van der Waals surface area contributed by atoms with Gasteiger partial charge in [-0.3, -0.25) is 4.79 Å². The number of nitrogens with two attached hydrogens (primary N) is 1. The van der Waals surface area contributed by atoms with Crippen molar-refractivity contribution in [2.45, 2.75) is 31.2 Å². The van der Waals surface area contributed by atoms with E-state index in [1.807, 2.05) is 0 Å². The molecule has 0 amide bonds. The lowest BCUT2D eigenvalue weighted by molar-refractivity contribution is 0.372. The SMILES string of the molecule is NC1(c2noc(-c3c[nH]ccc3=O)n2)CCCC1. The van der Waals surface area contributed by atoms with E-state index in [9.17, 15) is 4.79 Å². The number of H-pyrrole nitrogens is 1. The van der Waals surface area contributed by atoms with Gasteiger partial charge in [-0.25, -0.2) is 0 Å². The molecule has 6 nitrogen and oxygen atoms in total. The van der Waals surface area contributed by atoms with E-state index < -0.39 is 5.54 Å². The number of hydrogen-bond acceptors (Lipinski definition) is 5. The second-order valence-corrected chi connectivity index (χ2v) is 4.71. The minimum absolute atomic E-state index is 0.151. The predicted molar refractivity (Wildman–Crippen MR) is 64.7 cm³/mol. The zero-order chi connectivity index (χ0) is 12.6. The summed E-state index contributed by atoms with van der Waals surface area (Å²) in [5, 5.41) is 3.92. The first-order valence-electron chi connectivity index (χ1n) is 6.00. The summed E-state index contributed by atoms with van der Waals surface area (Å²) in [5.74, 6) is 0.724. The molecule has 0 unspecified atom stereocenters. The summed E-state index contributed by atoms with van der Waals surface area (Å²) >= 11 is 0. The van der Waals surface area contributed by atoms with Gasteiger partial charge in [-0.05, 0) is 12.8 Å². The van der Waals surface area contributed by atoms with Crippen LogP contribution in [0.4, 0.5) is 0 Å². The molecule has 0 aliphatic heterocycles. The summed E-state index contributed by atoms with van der Waals surface area (Å²) in [6.45, 7) is 0. The van der Waals surface area contributed by atoms with E-state index in [2.05, 4.69) is 15.1 Å². The van der Waals surface area contributed by atoms with Crippen LogP contribution < -0.4 is 11.2 Å². The van der Waals surface area contributed by atoms with Crippen molar-refractivity contribution in [3.05, 3.63) is 34.5 Å². The number of pyridine rings is 1. The molecule has 0 aromatic carbocycles. The molecule has 3 rings (SSSR count). The Morgan fingerprint density at radius 1 is 1.39 bits per heavy atom. The van der Waals surface area contributed by atoms with Crippen LogP contribution in [0.3, 0.4) is 0 Å². The van der Waals surface area contributed by atoms with Crippen LogP contribution in [0.1, 0.15) is 31.5 Å². The van der Waals surface area contributed by atoms with Crippen LogP contribution >= 0.6 is 0 Å². The van der Waals surface area contributed by atoms with E-state index in [4.69, 9.17) is 10.3 Å². The maximum atomic E-state index is 11.7. The van der Waals surface area contributed by atoms with Crippen LogP contribution in [0.2, 0.25) is 0 Å². The van der Waals surface area contributed by atoms with Crippen molar-refractivity contribution in [3.63, 3.8) is 0 Å². The average Bonchev–Trinajstić information content (AvgIpc) is 2.99. The van der Waals surface area contributed by atoms with E-state index in [0.717, 1.165) is 25.7 Å². The number of nitrogens with zero attached hydrogens (tertiary/aromatic N) is 2. The van der Waals surface area contributed by atoms with Crippen LogP contribution in [-0.4, -0.2) is 15.1 Å². The fourth-order valence-electron chi connectivity index (χ4n) is 2.35. The van der Waals surface area contributed by atoms with Gasteiger partial charge in [0, 0.05) is 18.5 Å². The van der Waals surface area contributed by atoms with Gasteiger partial charge in [0.1, 0.15) is 5.56 Å². The lowest BCUT2D eigenvalue weighted by Crippen LogP contribution is -2.34. The second-order valence-electron chi connectivity index (χ2n) is 4.71. The standard InChI is InChI=1S/C12H14N4O2/c13-12(4-1-2-5-12)11-15-10(18-16-11)8-7-14-6-3-9(8)17/h3,6-7H,1-2,4-5,13H2,(H,14,17). The number of rotatable bonds is 2. The molecule has 0 bridgehead atoms. The van der Waals surface area contributed by atoms with Gasteiger partial charge in [0.05, 0.1) is 5.54 Å². The maximum Gasteiger partial charge on any atom is 0.263 e. The molecule has 0 spiro atoms. The Morgan fingerprint density at radius 3 is 2.89 bits per heavy atom.